The molecule has 1 amide bonds. The molecule has 120 valence electrons. The van der Waals surface area contributed by atoms with Gasteiger partial charge in [-0.05, 0) is 23.8 Å². The van der Waals surface area contributed by atoms with Gasteiger partial charge >= 0.3 is 0 Å². The molecule has 0 aromatic heterocycles. The van der Waals surface area contributed by atoms with Crippen LogP contribution in [0.25, 0.3) is 0 Å². The summed E-state index contributed by atoms with van der Waals surface area (Å²) in [6.07, 6.45) is 0. The predicted octanol–water partition coefficient (Wildman–Crippen LogP) is 3.02. The molecule has 0 aliphatic carbocycles. The standard InChI is InChI=1S/C17H17ClN2O3/c1-19-17(21)16(20-22-2)15-9-4-3-6-12(15)11-23-14-8-5-7-13(18)10-14/h3-10H,11H2,1-2H3,(H,19,21)/b20-16-. The molecule has 6 heteroatoms. The minimum Gasteiger partial charge on any atom is -0.489 e. The van der Waals surface area contributed by atoms with Gasteiger partial charge in [0.2, 0.25) is 0 Å². The van der Waals surface area contributed by atoms with Crippen LogP contribution in [-0.4, -0.2) is 25.8 Å². The van der Waals surface area contributed by atoms with E-state index in [1.165, 1.54) is 7.11 Å². The van der Waals surface area contributed by atoms with Gasteiger partial charge in [-0.15, -0.1) is 0 Å². The molecule has 0 saturated heterocycles. The van der Waals surface area contributed by atoms with Gasteiger partial charge in [-0.2, -0.15) is 0 Å². The van der Waals surface area contributed by atoms with Crippen LogP contribution in [0, 0.1) is 0 Å². The maximum absolute atomic E-state index is 12.0. The van der Waals surface area contributed by atoms with Crippen molar-refractivity contribution >= 4 is 23.2 Å². The van der Waals surface area contributed by atoms with Gasteiger partial charge in [-0.25, -0.2) is 0 Å². The summed E-state index contributed by atoms with van der Waals surface area (Å²) in [5.41, 5.74) is 1.66. The molecule has 2 aromatic carbocycles. The highest BCUT2D eigenvalue weighted by atomic mass is 35.5. The van der Waals surface area contributed by atoms with Crippen LogP contribution < -0.4 is 10.1 Å². The van der Waals surface area contributed by atoms with Crippen LogP contribution in [0.4, 0.5) is 0 Å². The molecule has 0 radical (unpaired) electrons. The number of ether oxygens (including phenoxy) is 1. The van der Waals surface area contributed by atoms with E-state index in [4.69, 9.17) is 21.2 Å². The lowest BCUT2D eigenvalue weighted by atomic mass is 10.0. The summed E-state index contributed by atoms with van der Waals surface area (Å²) in [5.74, 6) is 0.319. The summed E-state index contributed by atoms with van der Waals surface area (Å²) >= 11 is 5.94. The monoisotopic (exact) mass is 332 g/mol. The van der Waals surface area contributed by atoms with Crippen LogP contribution >= 0.6 is 11.6 Å². The molecule has 0 heterocycles. The second-order valence-corrected chi connectivity index (χ2v) is 5.04. The highest BCUT2D eigenvalue weighted by molar-refractivity contribution is 6.45. The third kappa shape index (κ3) is 4.47. The molecule has 0 atom stereocenters. The lowest BCUT2D eigenvalue weighted by molar-refractivity contribution is -0.114. The summed E-state index contributed by atoms with van der Waals surface area (Å²) in [6.45, 7) is 0.274. The third-order valence-corrected chi connectivity index (χ3v) is 3.32. The average Bonchev–Trinajstić information content (AvgIpc) is 2.58. The zero-order chi connectivity index (χ0) is 16.7. The number of oxime groups is 1. The van der Waals surface area contributed by atoms with E-state index >= 15 is 0 Å². The van der Waals surface area contributed by atoms with Gasteiger partial charge in [-0.3, -0.25) is 4.79 Å². The molecule has 2 aromatic rings. The molecule has 0 aliphatic rings. The first-order valence-corrected chi connectivity index (χ1v) is 7.33. The highest BCUT2D eigenvalue weighted by Gasteiger charge is 2.17. The van der Waals surface area contributed by atoms with Crippen molar-refractivity contribution in [3.63, 3.8) is 0 Å². The van der Waals surface area contributed by atoms with Crippen molar-refractivity contribution in [3.8, 4) is 5.75 Å². The summed E-state index contributed by atoms with van der Waals surface area (Å²) in [7, 11) is 2.94. The molecular weight excluding hydrogens is 316 g/mol. The highest BCUT2D eigenvalue weighted by Crippen LogP contribution is 2.19. The number of likely N-dealkylation sites (N-methyl/N-ethyl adjacent to an activating group) is 1. The second-order valence-electron chi connectivity index (χ2n) is 4.60. The molecule has 0 unspecified atom stereocenters. The molecule has 0 aliphatic heterocycles. The van der Waals surface area contributed by atoms with Crippen LogP contribution in [0.2, 0.25) is 5.02 Å². The lowest BCUT2D eigenvalue weighted by Gasteiger charge is -2.12. The van der Waals surface area contributed by atoms with Crippen LogP contribution in [0.1, 0.15) is 11.1 Å². The van der Waals surface area contributed by atoms with Crippen molar-refractivity contribution in [2.45, 2.75) is 6.61 Å². The van der Waals surface area contributed by atoms with E-state index in [1.807, 2.05) is 30.3 Å². The molecule has 2 rings (SSSR count). The van der Waals surface area contributed by atoms with E-state index in [1.54, 1.807) is 25.2 Å². The van der Waals surface area contributed by atoms with Crippen molar-refractivity contribution in [1.29, 1.82) is 0 Å². The zero-order valence-corrected chi connectivity index (χ0v) is 13.6. The number of rotatable bonds is 6. The smallest absolute Gasteiger partial charge is 0.273 e. The number of hydrogen-bond acceptors (Lipinski definition) is 4. The molecule has 5 nitrogen and oxygen atoms in total. The number of halogens is 1. The van der Waals surface area contributed by atoms with E-state index < -0.39 is 0 Å². The number of nitrogens with one attached hydrogen (secondary N) is 1. The maximum atomic E-state index is 12.0. The van der Waals surface area contributed by atoms with Gasteiger partial charge in [0.05, 0.1) is 0 Å². The average molecular weight is 333 g/mol. The van der Waals surface area contributed by atoms with Gasteiger partial charge in [0.25, 0.3) is 5.91 Å². The van der Waals surface area contributed by atoms with E-state index in [9.17, 15) is 4.79 Å². The second kappa shape index (κ2) is 8.19. The Morgan fingerprint density at radius 3 is 2.70 bits per heavy atom. The summed E-state index contributed by atoms with van der Waals surface area (Å²) in [6, 6.07) is 14.5. The first-order chi connectivity index (χ1) is 11.2. The van der Waals surface area contributed by atoms with Crippen molar-refractivity contribution in [2.75, 3.05) is 14.2 Å². The quantitative estimate of drug-likeness (QED) is 0.653. The van der Waals surface area contributed by atoms with Crippen LogP contribution in [0.3, 0.4) is 0 Å². The Hall–Kier alpha value is -2.53. The SMILES string of the molecule is CNC(=O)/C(=N\OC)c1ccccc1COc1cccc(Cl)c1. The van der Waals surface area contributed by atoms with Gasteiger partial charge in [0, 0.05) is 17.6 Å². The number of hydrogen-bond donors (Lipinski definition) is 1. The van der Waals surface area contributed by atoms with Crippen molar-refractivity contribution in [3.05, 3.63) is 64.7 Å². The minimum absolute atomic E-state index is 0.195. The molecule has 0 fully saturated rings. The van der Waals surface area contributed by atoms with Gasteiger partial charge < -0.3 is 14.9 Å². The molecule has 0 saturated carbocycles. The Kier molecular flexibility index (Phi) is 6.00. The molecule has 1 N–H and O–H groups in total. The van der Waals surface area contributed by atoms with Gasteiger partial charge in [0.1, 0.15) is 19.5 Å². The number of carbonyl (C=O) groups excluding carboxylic acids is 1. The fraction of sp³-hybridized carbons (Fsp3) is 0.176. The van der Waals surface area contributed by atoms with Crippen molar-refractivity contribution in [2.24, 2.45) is 5.16 Å². The third-order valence-electron chi connectivity index (χ3n) is 3.09. The van der Waals surface area contributed by atoms with E-state index in [0.29, 0.717) is 16.3 Å². The van der Waals surface area contributed by atoms with Crippen LogP contribution in [0.15, 0.2) is 53.7 Å². The van der Waals surface area contributed by atoms with E-state index in [0.717, 1.165) is 5.56 Å². The van der Waals surface area contributed by atoms with E-state index in [2.05, 4.69) is 10.5 Å². The Morgan fingerprint density at radius 1 is 1.22 bits per heavy atom. The Balaban J connectivity index is 2.26. The minimum atomic E-state index is -0.331. The first-order valence-electron chi connectivity index (χ1n) is 6.95. The number of benzene rings is 2. The normalized spacial score (nSPS) is 11.0. The topological polar surface area (TPSA) is 59.9 Å². The molecule has 0 spiro atoms. The van der Waals surface area contributed by atoms with Crippen molar-refractivity contribution in [1.82, 2.24) is 5.32 Å². The maximum Gasteiger partial charge on any atom is 0.273 e. The van der Waals surface area contributed by atoms with E-state index in [-0.39, 0.29) is 18.2 Å². The van der Waals surface area contributed by atoms with Gasteiger partial charge in [0.15, 0.2) is 5.71 Å². The summed E-state index contributed by atoms with van der Waals surface area (Å²) in [4.78, 5) is 16.8. The largest absolute Gasteiger partial charge is 0.489 e. The van der Waals surface area contributed by atoms with Crippen molar-refractivity contribution < 1.29 is 14.4 Å². The fourth-order valence-electron chi connectivity index (χ4n) is 2.02. The first kappa shape index (κ1) is 16.8. The summed E-state index contributed by atoms with van der Waals surface area (Å²) < 4.78 is 5.74. The number of nitrogens with zero attached hydrogens (tertiary/aromatic N) is 1. The Labute approximate surface area is 139 Å². The molecular formula is C17H17ClN2O3. The zero-order valence-electron chi connectivity index (χ0n) is 12.9. The molecule has 23 heavy (non-hydrogen) atoms. The lowest BCUT2D eigenvalue weighted by Crippen LogP contribution is -2.29. The fourth-order valence-corrected chi connectivity index (χ4v) is 2.20. The van der Waals surface area contributed by atoms with Crippen LogP contribution in [-0.2, 0) is 16.2 Å². The predicted molar refractivity (Wildman–Crippen MR) is 89.8 cm³/mol. The summed E-state index contributed by atoms with van der Waals surface area (Å²) in [5, 5.41) is 6.97. The van der Waals surface area contributed by atoms with Gasteiger partial charge in [-0.1, -0.05) is 47.1 Å². The molecule has 0 bridgehead atoms. The number of amides is 1. The Morgan fingerprint density at radius 2 is 2.00 bits per heavy atom. The Bertz CT molecular complexity index is 716. The van der Waals surface area contributed by atoms with Crippen LogP contribution in [0.5, 0.6) is 5.75 Å². The number of carbonyl (C=O) groups is 1.